The van der Waals surface area contributed by atoms with Crippen LogP contribution in [0.3, 0.4) is 0 Å². The van der Waals surface area contributed by atoms with Crippen molar-refractivity contribution in [1.82, 2.24) is 5.32 Å². The summed E-state index contributed by atoms with van der Waals surface area (Å²) in [6.45, 7) is 1.06. The number of hydrogen-bond donors (Lipinski definition) is 2. The van der Waals surface area contributed by atoms with Gasteiger partial charge in [0, 0.05) is 24.7 Å². The van der Waals surface area contributed by atoms with E-state index in [1.54, 1.807) is 12.1 Å². The molecule has 2 aromatic carbocycles. The van der Waals surface area contributed by atoms with Gasteiger partial charge in [-0.05, 0) is 28.8 Å². The Labute approximate surface area is 109 Å². The highest BCUT2D eigenvalue weighted by molar-refractivity contribution is 5.70. The number of aliphatic hydroxyl groups excluding tert-OH is 1. The molecule has 0 aliphatic carbocycles. The minimum absolute atomic E-state index is 0.356. The third-order valence-corrected chi connectivity index (χ3v) is 3.43. The van der Waals surface area contributed by atoms with Gasteiger partial charge >= 0.3 is 0 Å². The average molecular weight is 261 g/mol. The second kappa shape index (κ2) is 4.72. The van der Waals surface area contributed by atoms with Gasteiger partial charge in [0.05, 0.1) is 6.10 Å². The molecule has 1 aliphatic rings. The van der Waals surface area contributed by atoms with Crippen molar-refractivity contribution in [2.24, 2.45) is 0 Å². The highest BCUT2D eigenvalue weighted by Crippen LogP contribution is 2.33. The number of halogens is 2. The van der Waals surface area contributed by atoms with Crippen molar-refractivity contribution < 1.29 is 13.9 Å². The molecule has 3 rings (SSSR count). The van der Waals surface area contributed by atoms with Gasteiger partial charge in [-0.3, -0.25) is 0 Å². The van der Waals surface area contributed by atoms with Gasteiger partial charge in [-0.1, -0.05) is 18.2 Å². The molecule has 1 unspecified atom stereocenters. The maximum absolute atomic E-state index is 13.9. The van der Waals surface area contributed by atoms with Crippen molar-refractivity contribution in [2.45, 2.75) is 12.6 Å². The van der Waals surface area contributed by atoms with Crippen LogP contribution in [0.4, 0.5) is 8.78 Å². The molecule has 0 saturated carbocycles. The van der Waals surface area contributed by atoms with Gasteiger partial charge in [0.15, 0.2) is 0 Å². The predicted octanol–water partition coefficient (Wildman–Crippen LogP) is 2.77. The Kier molecular flexibility index (Phi) is 3.05. The lowest BCUT2D eigenvalue weighted by molar-refractivity contribution is 0.165. The number of aliphatic hydroxyl groups is 1. The summed E-state index contributed by atoms with van der Waals surface area (Å²) in [4.78, 5) is 0. The third-order valence-electron chi connectivity index (χ3n) is 3.43. The topological polar surface area (TPSA) is 32.3 Å². The molecule has 1 aliphatic heterocycles. The van der Waals surface area contributed by atoms with Gasteiger partial charge in [-0.25, -0.2) is 8.78 Å². The fraction of sp³-hybridized carbons (Fsp3) is 0.200. The van der Waals surface area contributed by atoms with Crippen LogP contribution in [0.5, 0.6) is 0 Å². The SMILES string of the molecule is OC1CNCc2c(-c3ccc(F)cc3F)cccc21. The van der Waals surface area contributed by atoms with Gasteiger partial charge in [-0.15, -0.1) is 0 Å². The summed E-state index contributed by atoms with van der Waals surface area (Å²) in [6, 6.07) is 8.96. The summed E-state index contributed by atoms with van der Waals surface area (Å²) in [5.41, 5.74) is 2.72. The first kappa shape index (κ1) is 12.3. The van der Waals surface area contributed by atoms with Crippen molar-refractivity contribution in [2.75, 3.05) is 6.54 Å². The van der Waals surface area contributed by atoms with Crippen molar-refractivity contribution in [3.63, 3.8) is 0 Å². The average Bonchev–Trinajstić information content (AvgIpc) is 2.39. The minimum atomic E-state index is -0.593. The van der Waals surface area contributed by atoms with E-state index < -0.39 is 17.7 Å². The summed E-state index contributed by atoms with van der Waals surface area (Å²) in [6.07, 6.45) is -0.591. The van der Waals surface area contributed by atoms with E-state index >= 15 is 0 Å². The van der Waals surface area contributed by atoms with Crippen LogP contribution in [0.1, 0.15) is 17.2 Å². The summed E-state index contributed by atoms with van der Waals surface area (Å²) < 4.78 is 26.9. The molecule has 1 heterocycles. The molecule has 0 spiro atoms. The lowest BCUT2D eigenvalue weighted by Crippen LogP contribution is -2.28. The number of rotatable bonds is 1. The summed E-state index contributed by atoms with van der Waals surface area (Å²) in [5.74, 6) is -1.18. The quantitative estimate of drug-likeness (QED) is 0.827. The number of hydrogen-bond acceptors (Lipinski definition) is 2. The Balaban J connectivity index is 2.18. The van der Waals surface area contributed by atoms with E-state index in [1.165, 1.54) is 12.1 Å². The Morgan fingerprint density at radius 2 is 1.95 bits per heavy atom. The standard InChI is InChI=1S/C15H13F2NO/c16-9-4-5-11(14(17)6-9)10-2-1-3-12-13(10)7-18-8-15(12)19/h1-6,15,18-19H,7-8H2. The van der Waals surface area contributed by atoms with E-state index in [0.717, 1.165) is 17.2 Å². The zero-order chi connectivity index (χ0) is 13.4. The summed E-state index contributed by atoms with van der Waals surface area (Å²) in [5, 5.41) is 13.0. The Bertz CT molecular complexity index is 628. The molecule has 0 aromatic heterocycles. The van der Waals surface area contributed by atoms with E-state index in [2.05, 4.69) is 5.32 Å². The van der Waals surface area contributed by atoms with E-state index in [4.69, 9.17) is 0 Å². The maximum Gasteiger partial charge on any atom is 0.133 e. The number of fused-ring (bicyclic) bond motifs is 1. The Morgan fingerprint density at radius 3 is 2.74 bits per heavy atom. The Morgan fingerprint density at radius 1 is 1.11 bits per heavy atom. The first-order valence-electron chi connectivity index (χ1n) is 6.13. The second-order valence-corrected chi connectivity index (χ2v) is 4.64. The van der Waals surface area contributed by atoms with Gasteiger partial charge in [-0.2, -0.15) is 0 Å². The molecule has 0 amide bonds. The fourth-order valence-electron chi connectivity index (χ4n) is 2.52. The number of nitrogens with one attached hydrogen (secondary N) is 1. The van der Waals surface area contributed by atoms with Gasteiger partial charge in [0.25, 0.3) is 0 Å². The van der Waals surface area contributed by atoms with Crippen LogP contribution in [0.25, 0.3) is 11.1 Å². The molecule has 98 valence electrons. The summed E-state index contributed by atoms with van der Waals surface area (Å²) >= 11 is 0. The lowest BCUT2D eigenvalue weighted by atomic mass is 9.90. The zero-order valence-corrected chi connectivity index (χ0v) is 10.2. The first-order chi connectivity index (χ1) is 9.16. The fourth-order valence-corrected chi connectivity index (χ4v) is 2.52. The van der Waals surface area contributed by atoms with E-state index in [-0.39, 0.29) is 0 Å². The Hall–Kier alpha value is -1.78. The molecule has 4 heteroatoms. The summed E-state index contributed by atoms with van der Waals surface area (Å²) in [7, 11) is 0. The normalized spacial score (nSPS) is 18.2. The molecular formula is C15H13F2NO. The van der Waals surface area contributed by atoms with Crippen molar-refractivity contribution >= 4 is 0 Å². The molecule has 0 radical (unpaired) electrons. The predicted molar refractivity (Wildman–Crippen MR) is 68.5 cm³/mol. The smallest absolute Gasteiger partial charge is 0.133 e. The molecule has 0 saturated heterocycles. The largest absolute Gasteiger partial charge is 0.387 e. The van der Waals surface area contributed by atoms with Crippen LogP contribution in [-0.2, 0) is 6.54 Å². The van der Waals surface area contributed by atoms with Crippen LogP contribution in [0.15, 0.2) is 36.4 Å². The zero-order valence-electron chi connectivity index (χ0n) is 10.2. The van der Waals surface area contributed by atoms with Crippen molar-refractivity contribution in [3.05, 3.63) is 59.2 Å². The van der Waals surface area contributed by atoms with E-state index in [9.17, 15) is 13.9 Å². The molecule has 0 fully saturated rings. The monoisotopic (exact) mass is 261 g/mol. The van der Waals surface area contributed by atoms with Crippen molar-refractivity contribution in [3.8, 4) is 11.1 Å². The third kappa shape index (κ3) is 2.13. The number of benzene rings is 2. The highest BCUT2D eigenvalue weighted by atomic mass is 19.1. The van der Waals surface area contributed by atoms with Gasteiger partial charge in [0.1, 0.15) is 11.6 Å². The number of β-amino-alcohol motifs (C(OH)–C–C–N with tert-alkyl or cyclic N) is 1. The minimum Gasteiger partial charge on any atom is -0.387 e. The second-order valence-electron chi connectivity index (χ2n) is 4.64. The molecule has 1 atom stereocenters. The van der Waals surface area contributed by atoms with Crippen molar-refractivity contribution in [1.29, 1.82) is 0 Å². The lowest BCUT2D eigenvalue weighted by Gasteiger charge is -2.25. The van der Waals surface area contributed by atoms with Crippen LogP contribution < -0.4 is 5.32 Å². The van der Waals surface area contributed by atoms with Crippen LogP contribution in [0.2, 0.25) is 0 Å². The molecule has 2 N–H and O–H groups in total. The first-order valence-corrected chi connectivity index (χ1v) is 6.13. The van der Waals surface area contributed by atoms with Crippen LogP contribution >= 0.6 is 0 Å². The molecule has 0 bridgehead atoms. The molecule has 2 nitrogen and oxygen atoms in total. The maximum atomic E-state index is 13.9. The van der Waals surface area contributed by atoms with E-state index in [1.807, 2.05) is 6.07 Å². The van der Waals surface area contributed by atoms with Crippen LogP contribution in [0, 0.1) is 11.6 Å². The van der Waals surface area contributed by atoms with Gasteiger partial charge < -0.3 is 10.4 Å². The van der Waals surface area contributed by atoms with E-state index in [0.29, 0.717) is 24.2 Å². The van der Waals surface area contributed by atoms with Gasteiger partial charge in [0.2, 0.25) is 0 Å². The highest BCUT2D eigenvalue weighted by Gasteiger charge is 2.21. The molecule has 19 heavy (non-hydrogen) atoms. The molecule has 2 aromatic rings. The molecular weight excluding hydrogens is 248 g/mol. The van der Waals surface area contributed by atoms with Crippen LogP contribution in [-0.4, -0.2) is 11.7 Å².